The Labute approximate surface area is 179 Å². The smallest absolute Gasteiger partial charge is 0.167 e. The molecule has 1 saturated carbocycles. The summed E-state index contributed by atoms with van der Waals surface area (Å²) in [4.78, 5) is 10.6. The molecule has 0 radical (unpaired) electrons. The molecule has 2 aromatic rings. The number of nitrogen functional groups attached to an aromatic ring is 1. The minimum absolute atomic E-state index is 0.142. The van der Waals surface area contributed by atoms with Gasteiger partial charge in [0.25, 0.3) is 0 Å². The van der Waals surface area contributed by atoms with Gasteiger partial charge in [-0.25, -0.2) is 18.7 Å². The first-order valence-corrected chi connectivity index (χ1v) is 10.3. The summed E-state index contributed by atoms with van der Waals surface area (Å²) in [5.41, 5.74) is 2.62. The molecule has 2 heterocycles. The van der Waals surface area contributed by atoms with Crippen LogP contribution in [0.4, 0.5) is 20.3 Å². The first-order valence-electron chi connectivity index (χ1n) is 10.3. The number of aliphatic hydroxyl groups is 1. The van der Waals surface area contributed by atoms with Crippen molar-refractivity contribution < 1.29 is 18.6 Å². The van der Waals surface area contributed by atoms with Gasteiger partial charge in [0.2, 0.25) is 0 Å². The number of nitrogens with one attached hydrogen (secondary N) is 1. The zero-order valence-corrected chi connectivity index (χ0v) is 17.5. The van der Waals surface area contributed by atoms with Crippen LogP contribution in [0.5, 0.6) is 5.75 Å². The minimum Gasteiger partial charge on any atom is -0.484 e. The topological polar surface area (TPSA) is 96.5 Å². The Morgan fingerprint density at radius 3 is 2.58 bits per heavy atom. The normalized spacial score (nSPS) is 19.1. The zero-order chi connectivity index (χ0) is 22.2. The third-order valence-corrected chi connectivity index (χ3v) is 6.09. The number of hydrogen-bond donors (Lipinski definition) is 3. The summed E-state index contributed by atoms with van der Waals surface area (Å²) in [5.74, 6) is 5.89. The second-order valence-corrected chi connectivity index (χ2v) is 8.56. The number of aliphatic hydroxyl groups excluding tert-OH is 1. The summed E-state index contributed by atoms with van der Waals surface area (Å²) < 4.78 is 34.7. The molecular formula is C22H27F2N5O2. The molecule has 9 heteroatoms. The van der Waals surface area contributed by atoms with Gasteiger partial charge in [-0.1, -0.05) is 6.58 Å². The van der Waals surface area contributed by atoms with Gasteiger partial charge < -0.3 is 20.2 Å². The lowest BCUT2D eigenvalue weighted by Gasteiger charge is -2.35. The quantitative estimate of drug-likeness (QED) is 0.458. The van der Waals surface area contributed by atoms with E-state index in [9.17, 15) is 13.9 Å². The van der Waals surface area contributed by atoms with Crippen molar-refractivity contribution in [2.45, 2.75) is 43.9 Å². The highest BCUT2D eigenvalue weighted by molar-refractivity contribution is 5.84. The SMILES string of the molecule is C=C(c1cc(N2CCC(F)(CO)CC2)ncn1)c1cc(OC2(C)CC2)c(F)cc1NN. The van der Waals surface area contributed by atoms with Gasteiger partial charge in [0.15, 0.2) is 11.6 Å². The Kier molecular flexibility index (Phi) is 5.57. The van der Waals surface area contributed by atoms with Crippen molar-refractivity contribution in [3.63, 3.8) is 0 Å². The Morgan fingerprint density at radius 1 is 1.26 bits per heavy atom. The Hall–Kier alpha value is -2.78. The third-order valence-electron chi connectivity index (χ3n) is 6.09. The molecular weight excluding hydrogens is 404 g/mol. The fourth-order valence-electron chi connectivity index (χ4n) is 3.66. The lowest BCUT2D eigenvalue weighted by molar-refractivity contribution is 0.0480. The van der Waals surface area contributed by atoms with Crippen LogP contribution in [0.3, 0.4) is 0 Å². The number of piperidine rings is 1. The van der Waals surface area contributed by atoms with Crippen LogP contribution in [0.1, 0.15) is 43.9 Å². The Balaban J connectivity index is 1.60. The van der Waals surface area contributed by atoms with E-state index in [1.807, 2.05) is 11.8 Å². The molecule has 4 rings (SSSR count). The molecule has 0 spiro atoms. The number of nitrogens with zero attached hydrogens (tertiary/aromatic N) is 3. The van der Waals surface area contributed by atoms with Gasteiger partial charge in [-0.05, 0) is 25.8 Å². The fourth-order valence-corrected chi connectivity index (χ4v) is 3.66. The summed E-state index contributed by atoms with van der Waals surface area (Å²) >= 11 is 0. The Morgan fingerprint density at radius 2 is 1.97 bits per heavy atom. The zero-order valence-electron chi connectivity index (χ0n) is 17.5. The van der Waals surface area contributed by atoms with Crippen molar-refractivity contribution in [3.8, 4) is 5.75 Å². The van der Waals surface area contributed by atoms with E-state index in [0.29, 0.717) is 41.4 Å². The highest BCUT2D eigenvalue weighted by atomic mass is 19.1. The van der Waals surface area contributed by atoms with Crippen molar-refractivity contribution in [2.24, 2.45) is 5.84 Å². The van der Waals surface area contributed by atoms with E-state index >= 15 is 0 Å². The summed E-state index contributed by atoms with van der Waals surface area (Å²) in [5, 5.41) is 9.23. The van der Waals surface area contributed by atoms with Gasteiger partial charge in [-0.3, -0.25) is 5.84 Å². The maximum Gasteiger partial charge on any atom is 0.167 e. The molecule has 0 bridgehead atoms. The van der Waals surface area contributed by atoms with Crippen molar-refractivity contribution in [3.05, 3.63) is 48.2 Å². The van der Waals surface area contributed by atoms with Crippen molar-refractivity contribution in [1.29, 1.82) is 0 Å². The molecule has 1 aliphatic heterocycles. The molecule has 0 atom stereocenters. The number of anilines is 2. The number of hydrogen-bond acceptors (Lipinski definition) is 7. The second-order valence-electron chi connectivity index (χ2n) is 8.56. The van der Waals surface area contributed by atoms with E-state index in [4.69, 9.17) is 10.6 Å². The molecule has 1 aromatic heterocycles. The van der Waals surface area contributed by atoms with E-state index in [-0.39, 0.29) is 24.2 Å². The monoisotopic (exact) mass is 431 g/mol. The summed E-state index contributed by atoms with van der Waals surface area (Å²) in [6.45, 7) is 6.46. The van der Waals surface area contributed by atoms with E-state index in [2.05, 4.69) is 22.0 Å². The molecule has 2 fully saturated rings. The number of nitrogens with two attached hydrogens (primary N) is 1. The van der Waals surface area contributed by atoms with Crippen molar-refractivity contribution in [1.82, 2.24) is 9.97 Å². The molecule has 7 nitrogen and oxygen atoms in total. The molecule has 1 aromatic carbocycles. The van der Waals surface area contributed by atoms with Gasteiger partial charge in [-0.15, -0.1) is 0 Å². The fraction of sp³-hybridized carbons (Fsp3) is 0.455. The molecule has 0 amide bonds. The largest absolute Gasteiger partial charge is 0.484 e. The van der Waals surface area contributed by atoms with Crippen LogP contribution in [-0.2, 0) is 0 Å². The van der Waals surface area contributed by atoms with E-state index in [1.165, 1.54) is 12.4 Å². The van der Waals surface area contributed by atoms with Gasteiger partial charge in [-0.2, -0.15) is 0 Å². The number of hydrazine groups is 1. The molecule has 4 N–H and O–H groups in total. The maximum absolute atomic E-state index is 14.5. The van der Waals surface area contributed by atoms with Crippen molar-refractivity contribution >= 4 is 17.1 Å². The average molecular weight is 431 g/mol. The average Bonchev–Trinajstić information content (AvgIpc) is 3.51. The highest BCUT2D eigenvalue weighted by Gasteiger charge is 2.41. The third kappa shape index (κ3) is 4.47. The van der Waals surface area contributed by atoms with Crippen LogP contribution in [0.25, 0.3) is 5.57 Å². The minimum atomic E-state index is -1.54. The van der Waals surface area contributed by atoms with Crippen LogP contribution in [0, 0.1) is 5.82 Å². The van der Waals surface area contributed by atoms with Gasteiger partial charge >= 0.3 is 0 Å². The molecule has 2 aliphatic rings. The number of halogens is 2. The van der Waals surface area contributed by atoms with Crippen LogP contribution < -0.4 is 20.9 Å². The summed E-state index contributed by atoms with van der Waals surface area (Å²) in [6, 6.07) is 4.63. The first kappa shape index (κ1) is 21.5. The number of benzene rings is 1. The molecule has 31 heavy (non-hydrogen) atoms. The molecule has 1 aliphatic carbocycles. The second kappa shape index (κ2) is 8.05. The van der Waals surface area contributed by atoms with Gasteiger partial charge in [0.1, 0.15) is 23.4 Å². The Bertz CT molecular complexity index is 988. The highest BCUT2D eigenvalue weighted by Crippen LogP contribution is 2.42. The van der Waals surface area contributed by atoms with Gasteiger partial charge in [0.05, 0.1) is 18.0 Å². The van der Waals surface area contributed by atoms with Crippen LogP contribution in [0.15, 0.2) is 31.1 Å². The van der Waals surface area contributed by atoms with Crippen molar-refractivity contribution in [2.75, 3.05) is 30.0 Å². The van der Waals surface area contributed by atoms with Crippen LogP contribution in [0.2, 0.25) is 0 Å². The lowest BCUT2D eigenvalue weighted by Crippen LogP contribution is -2.44. The summed E-state index contributed by atoms with van der Waals surface area (Å²) in [6.07, 6.45) is 3.62. The van der Waals surface area contributed by atoms with Crippen LogP contribution >= 0.6 is 0 Å². The molecule has 0 unspecified atom stereocenters. The standard InChI is InChI=1S/C22H27F2N5O2/c1-14(15-9-19(31-21(2)3-4-21)16(23)10-18(15)28-25)17-11-20(27-13-26-17)29-7-5-22(24,12-30)6-8-29/h9-11,13,28,30H,1,3-8,12,25H2,2H3. The lowest BCUT2D eigenvalue weighted by atomic mass is 9.94. The number of rotatable bonds is 7. The maximum atomic E-state index is 14.5. The van der Waals surface area contributed by atoms with Crippen LogP contribution in [-0.4, -0.2) is 46.0 Å². The first-order chi connectivity index (χ1) is 14.8. The molecule has 1 saturated heterocycles. The number of ether oxygens (including phenoxy) is 1. The van der Waals surface area contributed by atoms with E-state index in [1.54, 1.807) is 12.1 Å². The van der Waals surface area contributed by atoms with E-state index < -0.39 is 18.1 Å². The van der Waals surface area contributed by atoms with Gasteiger partial charge in [0, 0.05) is 49.2 Å². The predicted molar refractivity (Wildman–Crippen MR) is 115 cm³/mol. The number of aromatic nitrogens is 2. The number of alkyl halides is 1. The molecule has 166 valence electrons. The summed E-state index contributed by atoms with van der Waals surface area (Å²) in [7, 11) is 0. The predicted octanol–water partition coefficient (Wildman–Crippen LogP) is 3.19. The van der Waals surface area contributed by atoms with E-state index in [0.717, 1.165) is 12.8 Å².